The van der Waals surface area contributed by atoms with Gasteiger partial charge in [0.2, 0.25) is 5.91 Å². The van der Waals surface area contributed by atoms with Gasteiger partial charge in [-0.15, -0.1) is 11.3 Å². The van der Waals surface area contributed by atoms with Crippen LogP contribution in [0.15, 0.2) is 253 Å². The highest BCUT2D eigenvalue weighted by Crippen LogP contribution is 2.41. The number of H-pyrrole nitrogens is 1. The Labute approximate surface area is 593 Å². The SMILES string of the molecule is Cc1cc2c(cc1C)N(CCOc1cccc3ccccc13)C=CC2CCC(C)C=Cc1sc2c(ccc3ccccc32)c1CCOC1C=CCc2ccccc21.Cc1ccc(S(=O)(=O)O)cc1.O=C(CS)NCCCn1c2ccccc2c2ccccc21.O=c1[nH]sc2ccccc12. The molecule has 0 spiro atoms. The lowest BCUT2D eigenvalue weighted by Crippen LogP contribution is -2.27. The lowest BCUT2D eigenvalue weighted by atomic mass is 9.86. The Morgan fingerprint density at radius 3 is 2.10 bits per heavy atom. The van der Waals surface area contributed by atoms with Gasteiger partial charge < -0.3 is 24.3 Å². The third-order valence-electron chi connectivity index (χ3n) is 18.5. The summed E-state index contributed by atoms with van der Waals surface area (Å²) in [5, 5.41) is 12.6. The summed E-state index contributed by atoms with van der Waals surface area (Å²) in [6, 6.07) is 72.1. The van der Waals surface area contributed by atoms with E-state index in [4.69, 9.17) is 14.0 Å². The number of para-hydroxylation sites is 2. The van der Waals surface area contributed by atoms with Crippen molar-refractivity contribution in [3.05, 3.63) is 297 Å². The molecule has 11 nitrogen and oxygen atoms in total. The number of thiol groups is 1. The third-order valence-corrected chi connectivity index (χ3v) is 21.7. The first-order chi connectivity index (χ1) is 48.2. The van der Waals surface area contributed by atoms with E-state index >= 15 is 0 Å². The van der Waals surface area contributed by atoms with Crippen LogP contribution in [-0.4, -0.2) is 59.9 Å². The van der Waals surface area contributed by atoms with Gasteiger partial charge in [-0.2, -0.15) is 21.0 Å². The molecule has 10 aromatic carbocycles. The maximum Gasteiger partial charge on any atom is 0.294 e. The molecule has 0 radical (unpaired) electrons. The number of aryl methyl sites for hydroxylation is 4. The van der Waals surface area contributed by atoms with Gasteiger partial charge in [-0.25, -0.2) is 0 Å². The standard InChI is InChI=1S/C53H51NO2S.C17H18N2OS.C7H5NOS.C7H8O3S/c1-36(22-24-42-28-30-54(49-35-38(3)37(2)34-48(42)49)31-33-56-51-21-11-16-40-13-5-8-18-44(40)51)23-27-52-46(47-26-25-41-14-6-9-19-45(41)53(47)57-52)29-32-55-50-20-10-15-39-12-4-7-17-43(39)50;20-17(12-21)18-10-5-11-19-15-8-3-1-6-13(15)14-7-2-4-9-16(14)19;9-7-5-3-1-2-4-6(5)10-8-7;1-6-2-4-7(5-3-6)11(8,9)10/h4-14,16-21,23,25-28,30,34-36,42,50H,15,22,24,29,31-33H2,1-3H3;1-4,6-9,21H,5,10-12H2,(H,18,20);1-4H,(H,8,9);2-5H,1H3,(H,8,9,10). The van der Waals surface area contributed by atoms with Gasteiger partial charge in [-0.1, -0.05) is 212 Å². The molecule has 1 aliphatic heterocycles. The normalized spacial score (nSPS) is 14.3. The van der Waals surface area contributed by atoms with E-state index in [1.807, 2.05) is 42.5 Å². The van der Waals surface area contributed by atoms with Gasteiger partial charge in [0.1, 0.15) is 18.5 Å². The fourth-order valence-electron chi connectivity index (χ4n) is 13.1. The molecule has 0 saturated heterocycles. The van der Waals surface area contributed by atoms with Crippen molar-refractivity contribution in [1.82, 2.24) is 14.3 Å². The first kappa shape index (κ1) is 69.6. The molecule has 4 heterocycles. The van der Waals surface area contributed by atoms with Crippen LogP contribution in [-0.2, 0) is 39.0 Å². The number of fused-ring (bicyclic) bond motifs is 10. The number of aromatic nitrogens is 2. The number of ether oxygens (including phenoxy) is 2. The average Bonchev–Trinajstić information content (AvgIpc) is 1.62. The summed E-state index contributed by atoms with van der Waals surface area (Å²) in [6.07, 6.45) is 19.0. The number of aromatic amines is 1. The van der Waals surface area contributed by atoms with Gasteiger partial charge in [0.25, 0.3) is 15.7 Å². The number of rotatable bonds is 19. The predicted octanol–water partition coefficient (Wildman–Crippen LogP) is 19.9. The van der Waals surface area contributed by atoms with E-state index in [1.165, 1.54) is 116 Å². The summed E-state index contributed by atoms with van der Waals surface area (Å²) in [6.45, 7) is 12.3. The van der Waals surface area contributed by atoms with Crippen LogP contribution < -0.4 is 20.5 Å². The van der Waals surface area contributed by atoms with Crippen LogP contribution in [0.1, 0.15) is 82.0 Å². The van der Waals surface area contributed by atoms with E-state index in [0.29, 0.717) is 31.6 Å². The van der Waals surface area contributed by atoms with E-state index < -0.39 is 10.1 Å². The number of benzene rings is 10. The molecule has 504 valence electrons. The second-order valence-electron chi connectivity index (χ2n) is 25.2. The van der Waals surface area contributed by atoms with Gasteiger partial charge in [0.15, 0.2) is 0 Å². The number of amides is 1. The number of thiophene rings is 1. The Hall–Kier alpha value is -9.32. The molecule has 0 saturated carbocycles. The van der Waals surface area contributed by atoms with E-state index in [2.05, 4.69) is 253 Å². The number of nitrogens with one attached hydrogen (secondary N) is 2. The topological polar surface area (TPSA) is 143 Å². The minimum Gasteiger partial charge on any atom is -0.491 e. The summed E-state index contributed by atoms with van der Waals surface area (Å²) in [4.78, 5) is 25.8. The molecule has 15 rings (SSSR count). The number of anilines is 1. The number of nitrogens with zero attached hydrogens (tertiary/aromatic N) is 2. The van der Waals surface area contributed by atoms with E-state index in [1.54, 1.807) is 12.1 Å². The number of hydrogen-bond donors (Lipinski definition) is 4. The van der Waals surface area contributed by atoms with Crippen LogP contribution in [0.25, 0.3) is 69.6 Å². The fourth-order valence-corrected chi connectivity index (χ4v) is 15.7. The van der Waals surface area contributed by atoms with Crippen molar-refractivity contribution < 1.29 is 27.2 Å². The van der Waals surface area contributed by atoms with E-state index in [-0.39, 0.29) is 28.2 Å². The monoisotopic (exact) mass is 1390 g/mol. The summed E-state index contributed by atoms with van der Waals surface area (Å²) < 4.78 is 49.9. The Morgan fingerprint density at radius 2 is 1.36 bits per heavy atom. The third kappa shape index (κ3) is 16.9. The zero-order valence-electron chi connectivity index (χ0n) is 56.1. The molecule has 0 fully saturated rings. The predicted molar refractivity (Wildman–Crippen MR) is 417 cm³/mol. The van der Waals surface area contributed by atoms with Crippen molar-refractivity contribution >= 4 is 127 Å². The van der Waals surface area contributed by atoms with Gasteiger partial charge >= 0.3 is 0 Å². The molecule has 2 aliphatic rings. The van der Waals surface area contributed by atoms with Crippen molar-refractivity contribution in [3.8, 4) is 5.75 Å². The molecule has 3 aromatic heterocycles. The summed E-state index contributed by atoms with van der Waals surface area (Å²) >= 11 is 7.27. The van der Waals surface area contributed by atoms with Crippen LogP contribution in [0.3, 0.4) is 0 Å². The molecule has 13 aromatic rings. The minimum absolute atomic E-state index is 0.0134. The number of carbonyl (C=O) groups is 1. The van der Waals surface area contributed by atoms with Crippen molar-refractivity contribution in [3.63, 3.8) is 0 Å². The maximum atomic E-state index is 11.2. The highest BCUT2D eigenvalue weighted by Gasteiger charge is 2.24. The average molecular weight is 1390 g/mol. The van der Waals surface area contributed by atoms with Crippen molar-refractivity contribution in [2.24, 2.45) is 5.92 Å². The van der Waals surface area contributed by atoms with Gasteiger partial charge in [-0.3, -0.25) is 18.5 Å². The second kappa shape index (κ2) is 32.6. The Bertz CT molecular complexity index is 5200. The molecule has 3 atom stereocenters. The molecule has 0 bridgehead atoms. The second-order valence-corrected chi connectivity index (χ2v) is 28.9. The number of allylic oxidation sites excluding steroid dienone is 3. The molecule has 3 N–H and O–H groups in total. The maximum absolute atomic E-state index is 11.2. The largest absolute Gasteiger partial charge is 0.491 e. The van der Waals surface area contributed by atoms with Crippen LogP contribution in [0.4, 0.5) is 5.69 Å². The smallest absolute Gasteiger partial charge is 0.294 e. The highest BCUT2D eigenvalue weighted by molar-refractivity contribution is 7.85. The first-order valence-electron chi connectivity index (χ1n) is 33.8. The van der Waals surface area contributed by atoms with Crippen LogP contribution in [0.5, 0.6) is 5.75 Å². The van der Waals surface area contributed by atoms with Crippen LogP contribution in [0, 0.1) is 26.7 Å². The van der Waals surface area contributed by atoms with Gasteiger partial charge in [0, 0.05) is 67.7 Å². The van der Waals surface area contributed by atoms with Crippen LogP contribution in [0.2, 0.25) is 0 Å². The molecule has 15 heteroatoms. The van der Waals surface area contributed by atoms with Crippen molar-refractivity contribution in [1.29, 1.82) is 0 Å². The highest BCUT2D eigenvalue weighted by atomic mass is 32.2. The van der Waals surface area contributed by atoms with Crippen LogP contribution >= 0.6 is 35.5 Å². The number of hydrogen-bond acceptors (Lipinski definition) is 10. The molecular formula is C84H82N4O7S4. The quantitative estimate of drug-likeness (QED) is 0.0271. The molecule has 1 aliphatic carbocycles. The summed E-state index contributed by atoms with van der Waals surface area (Å²) in [5.41, 5.74) is 13.0. The van der Waals surface area contributed by atoms with Gasteiger partial charge in [0.05, 0.1) is 33.9 Å². The van der Waals surface area contributed by atoms with E-state index in [0.717, 1.165) is 72.0 Å². The zero-order chi connectivity index (χ0) is 68.8. The lowest BCUT2D eigenvalue weighted by Gasteiger charge is -2.32. The molecule has 99 heavy (non-hydrogen) atoms. The van der Waals surface area contributed by atoms with Gasteiger partial charge in [-0.05, 0) is 168 Å². The Morgan fingerprint density at radius 1 is 0.707 bits per heavy atom. The van der Waals surface area contributed by atoms with Crippen molar-refractivity contribution in [2.75, 3.05) is 37.0 Å². The zero-order valence-corrected chi connectivity index (χ0v) is 59.5. The first-order valence-corrected chi connectivity index (χ1v) is 37.5. The molecule has 3 unspecified atom stereocenters. The minimum atomic E-state index is -4.02. The Balaban J connectivity index is 0.000000177. The molecule has 1 amide bonds. The Kier molecular flexibility index (Phi) is 22.9. The van der Waals surface area contributed by atoms with E-state index in [9.17, 15) is 18.0 Å². The fraction of sp³-hybridized carbons (Fsp3) is 0.214. The lowest BCUT2D eigenvalue weighted by molar-refractivity contribution is -0.118. The molecular weight excluding hydrogens is 1310 g/mol. The summed E-state index contributed by atoms with van der Waals surface area (Å²) in [7, 11) is -4.02. The number of carbonyl (C=O) groups excluding carboxylic acids is 1. The van der Waals surface area contributed by atoms with Crippen molar-refractivity contribution in [2.45, 2.75) is 83.3 Å². The summed E-state index contributed by atoms with van der Waals surface area (Å²) in [5.74, 6) is 2.00.